The van der Waals surface area contributed by atoms with Gasteiger partial charge in [-0.3, -0.25) is 4.68 Å². The second-order valence-electron chi connectivity index (χ2n) is 3.76. The largest absolute Gasteiger partial charge is 0.435 e. The van der Waals surface area contributed by atoms with Gasteiger partial charge in [-0.25, -0.2) is 0 Å². The minimum atomic E-state index is -4.35. The van der Waals surface area contributed by atoms with Crippen molar-refractivity contribution in [3.8, 4) is 0 Å². The molecule has 1 aromatic rings. The molecule has 1 fully saturated rings. The summed E-state index contributed by atoms with van der Waals surface area (Å²) in [7, 11) is 0. The minimum absolute atomic E-state index is 0.0566. The van der Waals surface area contributed by atoms with Crippen LogP contribution < -0.4 is 5.32 Å². The van der Waals surface area contributed by atoms with E-state index in [2.05, 4.69) is 10.4 Å². The zero-order chi connectivity index (χ0) is 13.1. The van der Waals surface area contributed by atoms with Crippen molar-refractivity contribution in [1.82, 2.24) is 15.1 Å². The maximum atomic E-state index is 12.4. The van der Waals surface area contributed by atoms with Gasteiger partial charge >= 0.3 is 6.18 Å². The summed E-state index contributed by atoms with van der Waals surface area (Å²) in [4.78, 5) is 0. The molecule has 1 unspecified atom stereocenters. The molecule has 0 aromatic carbocycles. The Balaban J connectivity index is 0.000000686. The first kappa shape index (κ1) is 14.0. The normalized spacial score (nSPS) is 20.0. The number of hydrogen-bond acceptors (Lipinski definition) is 2. The molecule has 6 heteroatoms. The van der Waals surface area contributed by atoms with Crippen LogP contribution in [0.25, 0.3) is 0 Å². The van der Waals surface area contributed by atoms with Crippen LogP contribution in [0.15, 0.2) is 6.07 Å². The number of nitrogens with zero attached hydrogens (tertiary/aromatic N) is 2. The van der Waals surface area contributed by atoms with E-state index in [1.807, 2.05) is 13.8 Å². The standard InChI is InChI=1S/C9H12F3N3.C2H6/c1-6-4-8(9(10,11)12)14-15(6)7-2-3-13-5-7;1-2/h4,7,13H,2-3,5H2,1H3;1-2H3. The van der Waals surface area contributed by atoms with Gasteiger partial charge in [0.15, 0.2) is 5.69 Å². The van der Waals surface area contributed by atoms with Crippen LogP contribution in [0.2, 0.25) is 0 Å². The third-order valence-corrected chi connectivity index (χ3v) is 2.59. The van der Waals surface area contributed by atoms with Gasteiger partial charge in [0.1, 0.15) is 0 Å². The number of nitrogens with one attached hydrogen (secondary N) is 1. The average Bonchev–Trinajstić information content (AvgIpc) is 2.87. The Bertz CT molecular complexity index is 351. The van der Waals surface area contributed by atoms with Crippen LogP contribution in [-0.2, 0) is 6.18 Å². The lowest BCUT2D eigenvalue weighted by Gasteiger charge is -2.11. The minimum Gasteiger partial charge on any atom is -0.315 e. The van der Waals surface area contributed by atoms with Gasteiger partial charge in [0.25, 0.3) is 0 Å². The highest BCUT2D eigenvalue weighted by Crippen LogP contribution is 2.29. The molecule has 3 nitrogen and oxygen atoms in total. The van der Waals surface area contributed by atoms with Crippen LogP contribution in [0.1, 0.15) is 37.7 Å². The fourth-order valence-corrected chi connectivity index (χ4v) is 1.84. The van der Waals surface area contributed by atoms with Crippen LogP contribution >= 0.6 is 0 Å². The van der Waals surface area contributed by atoms with Crippen LogP contribution in [0.3, 0.4) is 0 Å². The van der Waals surface area contributed by atoms with E-state index in [4.69, 9.17) is 0 Å². The van der Waals surface area contributed by atoms with E-state index in [9.17, 15) is 13.2 Å². The predicted molar refractivity (Wildman–Crippen MR) is 59.8 cm³/mol. The summed E-state index contributed by atoms with van der Waals surface area (Å²) in [5, 5.41) is 6.72. The lowest BCUT2D eigenvalue weighted by Crippen LogP contribution is -2.16. The summed E-state index contributed by atoms with van der Waals surface area (Å²) in [6.45, 7) is 7.19. The molecule has 1 aliphatic heterocycles. The predicted octanol–water partition coefficient (Wildman–Crippen LogP) is 2.77. The van der Waals surface area contributed by atoms with Crippen LogP contribution in [-0.4, -0.2) is 22.9 Å². The molecule has 0 bridgehead atoms. The van der Waals surface area contributed by atoms with Gasteiger partial charge in [0.05, 0.1) is 6.04 Å². The van der Waals surface area contributed by atoms with Crippen molar-refractivity contribution in [3.63, 3.8) is 0 Å². The molecular weight excluding hydrogens is 231 g/mol. The number of alkyl halides is 3. The Labute approximate surface area is 99.0 Å². The maximum Gasteiger partial charge on any atom is 0.435 e. The molecule has 0 saturated carbocycles. The molecule has 0 spiro atoms. The van der Waals surface area contributed by atoms with E-state index in [0.29, 0.717) is 12.2 Å². The smallest absolute Gasteiger partial charge is 0.315 e. The number of aromatic nitrogens is 2. The molecule has 0 radical (unpaired) electrons. The molecule has 1 saturated heterocycles. The molecule has 1 aliphatic rings. The lowest BCUT2D eigenvalue weighted by atomic mass is 10.2. The van der Waals surface area contributed by atoms with Crippen LogP contribution in [0.5, 0.6) is 0 Å². The van der Waals surface area contributed by atoms with E-state index in [0.717, 1.165) is 19.0 Å². The number of rotatable bonds is 1. The van der Waals surface area contributed by atoms with E-state index in [-0.39, 0.29) is 6.04 Å². The van der Waals surface area contributed by atoms with E-state index >= 15 is 0 Å². The molecule has 0 aliphatic carbocycles. The van der Waals surface area contributed by atoms with E-state index in [1.54, 1.807) is 6.92 Å². The Hall–Kier alpha value is -1.04. The number of aryl methyl sites for hydroxylation is 1. The molecule has 1 atom stereocenters. The summed E-state index contributed by atoms with van der Waals surface area (Å²) in [5.41, 5.74) is -0.233. The molecular formula is C11H18F3N3. The SMILES string of the molecule is CC.Cc1cc(C(F)(F)F)nn1C1CCNC1. The Kier molecular flexibility index (Phi) is 4.56. The fraction of sp³-hybridized carbons (Fsp3) is 0.727. The van der Waals surface area contributed by atoms with Crippen molar-refractivity contribution in [1.29, 1.82) is 0 Å². The molecule has 98 valence electrons. The van der Waals surface area contributed by atoms with Crippen molar-refractivity contribution >= 4 is 0 Å². The second-order valence-corrected chi connectivity index (χ2v) is 3.76. The van der Waals surface area contributed by atoms with Crippen LogP contribution in [0.4, 0.5) is 13.2 Å². The fourth-order valence-electron chi connectivity index (χ4n) is 1.84. The van der Waals surface area contributed by atoms with Crippen LogP contribution in [0, 0.1) is 6.92 Å². The molecule has 2 rings (SSSR count). The van der Waals surface area contributed by atoms with Gasteiger partial charge in [-0.2, -0.15) is 18.3 Å². The molecule has 17 heavy (non-hydrogen) atoms. The van der Waals surface area contributed by atoms with Crippen molar-refractivity contribution in [2.24, 2.45) is 0 Å². The van der Waals surface area contributed by atoms with Crippen molar-refractivity contribution in [3.05, 3.63) is 17.5 Å². The third kappa shape index (κ3) is 3.21. The monoisotopic (exact) mass is 249 g/mol. The Morgan fingerprint density at radius 1 is 1.41 bits per heavy atom. The quantitative estimate of drug-likeness (QED) is 0.829. The average molecular weight is 249 g/mol. The summed E-state index contributed by atoms with van der Waals surface area (Å²) >= 11 is 0. The van der Waals surface area contributed by atoms with Gasteiger partial charge in [-0.1, -0.05) is 13.8 Å². The lowest BCUT2D eigenvalue weighted by molar-refractivity contribution is -0.141. The first-order valence-corrected chi connectivity index (χ1v) is 5.82. The Morgan fingerprint density at radius 3 is 2.47 bits per heavy atom. The van der Waals surface area contributed by atoms with Gasteiger partial charge in [-0.05, 0) is 26.0 Å². The van der Waals surface area contributed by atoms with Crippen molar-refractivity contribution < 1.29 is 13.2 Å². The van der Waals surface area contributed by atoms with Crippen molar-refractivity contribution in [2.45, 2.75) is 39.4 Å². The summed E-state index contributed by atoms with van der Waals surface area (Å²) in [6.07, 6.45) is -3.51. The molecule has 1 aromatic heterocycles. The summed E-state index contributed by atoms with van der Waals surface area (Å²) in [5.74, 6) is 0. The van der Waals surface area contributed by atoms with Crippen molar-refractivity contribution in [2.75, 3.05) is 13.1 Å². The summed E-state index contributed by atoms with van der Waals surface area (Å²) < 4.78 is 38.6. The van der Waals surface area contributed by atoms with Gasteiger partial charge < -0.3 is 5.32 Å². The second kappa shape index (κ2) is 5.53. The highest BCUT2D eigenvalue weighted by molar-refractivity contribution is 5.13. The highest BCUT2D eigenvalue weighted by Gasteiger charge is 2.35. The van der Waals surface area contributed by atoms with Gasteiger partial charge in [-0.15, -0.1) is 0 Å². The maximum absolute atomic E-state index is 12.4. The first-order chi connectivity index (χ1) is 7.98. The number of halogens is 3. The van der Waals surface area contributed by atoms with E-state index in [1.165, 1.54) is 4.68 Å². The zero-order valence-corrected chi connectivity index (χ0v) is 10.3. The van der Waals surface area contributed by atoms with Gasteiger partial charge in [0.2, 0.25) is 0 Å². The van der Waals surface area contributed by atoms with E-state index < -0.39 is 11.9 Å². The number of hydrogen-bond donors (Lipinski definition) is 1. The Morgan fingerprint density at radius 2 is 2.06 bits per heavy atom. The molecule has 1 N–H and O–H groups in total. The highest BCUT2D eigenvalue weighted by atomic mass is 19.4. The zero-order valence-electron chi connectivity index (χ0n) is 10.3. The first-order valence-electron chi connectivity index (χ1n) is 5.82. The van der Waals surface area contributed by atoms with Gasteiger partial charge in [0, 0.05) is 12.2 Å². The molecule has 0 amide bonds. The molecule has 2 heterocycles. The third-order valence-electron chi connectivity index (χ3n) is 2.59. The summed E-state index contributed by atoms with van der Waals surface area (Å²) in [6, 6.07) is 1.15. The topological polar surface area (TPSA) is 29.9 Å².